The van der Waals surface area contributed by atoms with E-state index >= 15 is 0 Å². The van der Waals surface area contributed by atoms with Crippen molar-refractivity contribution < 1.29 is 32.6 Å². The molecule has 2 aromatic rings. The average Bonchev–Trinajstić information content (AvgIpc) is 2.64. The van der Waals surface area contributed by atoms with Crippen LogP contribution in [0.3, 0.4) is 0 Å². The van der Waals surface area contributed by atoms with Crippen molar-refractivity contribution in [1.82, 2.24) is 5.32 Å². The lowest BCUT2D eigenvalue weighted by atomic mass is 9.80. The van der Waals surface area contributed by atoms with E-state index in [0.29, 0.717) is 5.56 Å². The van der Waals surface area contributed by atoms with Gasteiger partial charge in [0.05, 0.1) is 17.0 Å². The van der Waals surface area contributed by atoms with Gasteiger partial charge >= 0.3 is 18.2 Å². The summed E-state index contributed by atoms with van der Waals surface area (Å²) in [4.78, 5) is 23.9. The highest BCUT2D eigenvalue weighted by atomic mass is 19.4. The SMILES string of the molecule is CC(C)(C(=O)O)[C@@H](NC(=O)OCc1ccccc1)c1cccc(C(F)(F)F)c1. The Morgan fingerprint density at radius 2 is 1.71 bits per heavy atom. The van der Waals surface area contributed by atoms with E-state index in [-0.39, 0.29) is 12.2 Å². The number of carbonyl (C=O) groups excluding carboxylic acids is 1. The molecular weight excluding hydrogens is 375 g/mol. The molecule has 0 unspecified atom stereocenters. The lowest BCUT2D eigenvalue weighted by molar-refractivity contribution is -0.148. The predicted octanol–water partition coefficient (Wildman–Crippen LogP) is 4.78. The lowest BCUT2D eigenvalue weighted by Crippen LogP contribution is -2.42. The van der Waals surface area contributed by atoms with Crippen molar-refractivity contribution in [2.75, 3.05) is 0 Å². The third-order valence-corrected chi connectivity index (χ3v) is 4.30. The number of alkyl carbamates (subject to hydrolysis) is 1. The fraction of sp³-hybridized carbons (Fsp3) is 0.300. The molecule has 2 N–H and O–H groups in total. The molecule has 0 heterocycles. The number of aliphatic carboxylic acids is 1. The summed E-state index contributed by atoms with van der Waals surface area (Å²) in [6.45, 7) is 2.57. The van der Waals surface area contributed by atoms with Crippen LogP contribution in [0.25, 0.3) is 0 Å². The summed E-state index contributed by atoms with van der Waals surface area (Å²) in [5.41, 5.74) is -1.80. The van der Waals surface area contributed by atoms with Gasteiger partial charge in [0.2, 0.25) is 0 Å². The van der Waals surface area contributed by atoms with Crippen LogP contribution in [0.4, 0.5) is 18.0 Å². The number of amides is 1. The second-order valence-electron chi connectivity index (χ2n) is 6.79. The van der Waals surface area contributed by atoms with Crippen LogP contribution in [0.1, 0.15) is 36.6 Å². The van der Waals surface area contributed by atoms with E-state index in [9.17, 15) is 27.9 Å². The first-order valence-electron chi connectivity index (χ1n) is 8.39. The molecule has 2 rings (SSSR count). The molecule has 150 valence electrons. The Morgan fingerprint density at radius 1 is 1.07 bits per heavy atom. The monoisotopic (exact) mass is 395 g/mol. The quantitative estimate of drug-likeness (QED) is 0.738. The fourth-order valence-electron chi connectivity index (χ4n) is 2.58. The molecule has 0 bridgehead atoms. The second kappa shape index (κ2) is 8.33. The van der Waals surface area contributed by atoms with Gasteiger partial charge in [-0.15, -0.1) is 0 Å². The van der Waals surface area contributed by atoms with Crippen molar-refractivity contribution >= 4 is 12.1 Å². The minimum atomic E-state index is -4.60. The molecule has 0 saturated carbocycles. The Kier molecular flexibility index (Phi) is 6.33. The van der Waals surface area contributed by atoms with Gasteiger partial charge in [-0.1, -0.05) is 42.5 Å². The smallest absolute Gasteiger partial charge is 0.416 e. The summed E-state index contributed by atoms with van der Waals surface area (Å²) in [7, 11) is 0. The Bertz CT molecular complexity index is 835. The second-order valence-corrected chi connectivity index (χ2v) is 6.79. The zero-order valence-electron chi connectivity index (χ0n) is 15.3. The van der Waals surface area contributed by atoms with E-state index in [1.165, 1.54) is 26.0 Å². The van der Waals surface area contributed by atoms with Crippen LogP contribution < -0.4 is 5.32 Å². The zero-order chi connectivity index (χ0) is 20.9. The number of nitrogens with one attached hydrogen (secondary N) is 1. The van der Waals surface area contributed by atoms with Gasteiger partial charge in [-0.2, -0.15) is 13.2 Å². The molecule has 28 heavy (non-hydrogen) atoms. The minimum absolute atomic E-state index is 0.0129. The molecule has 1 atom stereocenters. The number of hydrogen-bond donors (Lipinski definition) is 2. The van der Waals surface area contributed by atoms with Crippen LogP contribution in [0.5, 0.6) is 0 Å². The van der Waals surface area contributed by atoms with E-state index in [1.807, 2.05) is 0 Å². The number of carboxylic acids is 1. The number of carbonyl (C=O) groups is 2. The zero-order valence-corrected chi connectivity index (χ0v) is 15.3. The van der Waals surface area contributed by atoms with E-state index in [2.05, 4.69) is 5.32 Å². The molecule has 0 saturated heterocycles. The number of hydrogen-bond acceptors (Lipinski definition) is 3. The third kappa shape index (κ3) is 5.25. The van der Waals surface area contributed by atoms with Crippen LogP contribution in [-0.4, -0.2) is 17.2 Å². The van der Waals surface area contributed by atoms with Gasteiger partial charge in [0.25, 0.3) is 0 Å². The number of alkyl halides is 3. The molecule has 0 fully saturated rings. The van der Waals surface area contributed by atoms with E-state index in [0.717, 1.165) is 12.1 Å². The first-order chi connectivity index (χ1) is 13.0. The number of benzene rings is 2. The molecule has 5 nitrogen and oxygen atoms in total. The molecular formula is C20H20F3NO4. The summed E-state index contributed by atoms with van der Waals surface area (Å²) in [6.07, 6.45) is -5.53. The average molecular weight is 395 g/mol. The van der Waals surface area contributed by atoms with Crippen molar-refractivity contribution in [3.63, 3.8) is 0 Å². The molecule has 2 aromatic carbocycles. The maximum absolute atomic E-state index is 13.0. The third-order valence-electron chi connectivity index (χ3n) is 4.30. The van der Waals surface area contributed by atoms with Crippen LogP contribution in [0, 0.1) is 5.41 Å². The predicted molar refractivity (Wildman–Crippen MR) is 95.4 cm³/mol. The Labute approximate surface area is 160 Å². The van der Waals surface area contributed by atoms with Crippen molar-refractivity contribution in [3.05, 3.63) is 71.3 Å². The Balaban J connectivity index is 2.25. The highest BCUT2D eigenvalue weighted by Crippen LogP contribution is 2.37. The molecule has 8 heteroatoms. The lowest BCUT2D eigenvalue weighted by Gasteiger charge is -2.31. The molecule has 0 aliphatic carbocycles. The van der Waals surface area contributed by atoms with Crippen LogP contribution in [-0.2, 0) is 22.3 Å². The summed E-state index contributed by atoms with van der Waals surface area (Å²) >= 11 is 0. The van der Waals surface area contributed by atoms with Crippen molar-refractivity contribution in [1.29, 1.82) is 0 Å². The molecule has 0 aromatic heterocycles. The maximum Gasteiger partial charge on any atom is 0.416 e. The van der Waals surface area contributed by atoms with Gasteiger partial charge in [-0.25, -0.2) is 4.79 Å². The number of halogens is 3. The molecule has 0 radical (unpaired) electrons. The van der Waals surface area contributed by atoms with Gasteiger partial charge in [-0.05, 0) is 37.1 Å². The van der Waals surface area contributed by atoms with Crippen molar-refractivity contribution in [3.8, 4) is 0 Å². The number of ether oxygens (including phenoxy) is 1. The van der Waals surface area contributed by atoms with Crippen molar-refractivity contribution in [2.24, 2.45) is 5.41 Å². The highest BCUT2D eigenvalue weighted by molar-refractivity contribution is 5.77. The summed E-state index contributed by atoms with van der Waals surface area (Å²) < 4.78 is 44.2. The number of rotatable bonds is 6. The molecule has 1 amide bonds. The fourth-order valence-corrected chi connectivity index (χ4v) is 2.58. The van der Waals surface area contributed by atoms with Crippen LogP contribution in [0.15, 0.2) is 54.6 Å². The first-order valence-corrected chi connectivity index (χ1v) is 8.39. The van der Waals surface area contributed by atoms with Crippen LogP contribution >= 0.6 is 0 Å². The molecule has 0 aliphatic heterocycles. The van der Waals surface area contributed by atoms with E-state index in [1.54, 1.807) is 30.3 Å². The largest absolute Gasteiger partial charge is 0.481 e. The van der Waals surface area contributed by atoms with Gasteiger partial charge in [-0.3, -0.25) is 4.79 Å². The maximum atomic E-state index is 13.0. The summed E-state index contributed by atoms with van der Waals surface area (Å²) in [5.74, 6) is -1.28. The Hall–Kier alpha value is -3.03. The first kappa shape index (κ1) is 21.3. The van der Waals surface area contributed by atoms with Gasteiger partial charge < -0.3 is 15.2 Å². The van der Waals surface area contributed by atoms with Gasteiger partial charge in [0.1, 0.15) is 6.61 Å². The van der Waals surface area contributed by atoms with Gasteiger partial charge in [0.15, 0.2) is 0 Å². The minimum Gasteiger partial charge on any atom is -0.481 e. The number of carboxylic acid groups (broad SMARTS) is 1. The normalized spacial score (nSPS) is 12.9. The summed E-state index contributed by atoms with van der Waals surface area (Å²) in [6, 6.07) is 11.7. The van der Waals surface area contributed by atoms with Crippen molar-refractivity contribution in [2.45, 2.75) is 32.7 Å². The topological polar surface area (TPSA) is 75.6 Å². The molecule has 0 spiro atoms. The molecule has 0 aliphatic rings. The summed E-state index contributed by atoms with van der Waals surface area (Å²) in [5, 5.41) is 11.9. The van der Waals surface area contributed by atoms with E-state index in [4.69, 9.17) is 4.74 Å². The van der Waals surface area contributed by atoms with Crippen LogP contribution in [0.2, 0.25) is 0 Å². The Morgan fingerprint density at radius 3 is 2.29 bits per heavy atom. The van der Waals surface area contributed by atoms with E-state index < -0.39 is 35.3 Å². The standard InChI is InChI=1S/C20H20F3NO4/c1-19(2,17(25)26)16(14-9-6-10-15(11-14)20(21,22)23)24-18(27)28-12-13-7-4-3-5-8-13/h3-11,16H,12H2,1-2H3,(H,24,27)(H,25,26)/t16-/m0/s1. The highest BCUT2D eigenvalue weighted by Gasteiger charge is 2.40. The van der Waals surface area contributed by atoms with Gasteiger partial charge in [0, 0.05) is 0 Å².